The average Bonchev–Trinajstić information content (AvgIpc) is 2.16. The van der Waals surface area contributed by atoms with Gasteiger partial charge in [-0.15, -0.1) is 11.6 Å². The Balaban J connectivity index is 3.37. The van der Waals surface area contributed by atoms with Crippen molar-refractivity contribution < 1.29 is 14.7 Å². The molecule has 3 nitrogen and oxygen atoms in total. The first kappa shape index (κ1) is 11.7. The minimum absolute atomic E-state index is 0.0881. The van der Waals surface area contributed by atoms with Crippen molar-refractivity contribution in [2.24, 2.45) is 0 Å². The van der Waals surface area contributed by atoms with Gasteiger partial charge in [0, 0.05) is 0 Å². The highest BCUT2D eigenvalue weighted by molar-refractivity contribution is 6.31. The number of carbonyl (C=O) groups excluding carboxylic acids is 1. The van der Waals surface area contributed by atoms with E-state index >= 15 is 0 Å². The van der Waals surface area contributed by atoms with Crippen LogP contribution >= 0.6 is 11.6 Å². The number of ketones is 1. The monoisotopic (exact) mass is 226 g/mol. The van der Waals surface area contributed by atoms with Gasteiger partial charge < -0.3 is 5.11 Å². The molecule has 1 rings (SSSR count). The summed E-state index contributed by atoms with van der Waals surface area (Å²) in [6.07, 6.45) is 0. The fraction of sp³-hybridized carbons (Fsp3) is 0.273. The number of aromatic carboxylic acids is 1. The molecule has 1 atom stereocenters. The molecule has 0 fully saturated rings. The highest BCUT2D eigenvalue weighted by Crippen LogP contribution is 2.28. The third-order valence-electron chi connectivity index (χ3n) is 2.16. The molecule has 1 N–H and O–H groups in total. The van der Waals surface area contributed by atoms with Crippen molar-refractivity contribution in [3.05, 3.63) is 34.9 Å². The van der Waals surface area contributed by atoms with Crippen LogP contribution in [-0.4, -0.2) is 16.9 Å². The molecule has 0 aliphatic carbocycles. The van der Waals surface area contributed by atoms with E-state index in [4.69, 9.17) is 16.7 Å². The highest BCUT2D eigenvalue weighted by atomic mass is 35.5. The van der Waals surface area contributed by atoms with Crippen molar-refractivity contribution in [3.8, 4) is 0 Å². The number of carbonyl (C=O) groups is 2. The van der Waals surface area contributed by atoms with Crippen molar-refractivity contribution in [1.82, 2.24) is 0 Å². The highest BCUT2D eigenvalue weighted by Gasteiger charge is 2.22. The van der Waals surface area contributed by atoms with Crippen LogP contribution in [0.15, 0.2) is 18.2 Å². The van der Waals surface area contributed by atoms with Gasteiger partial charge in [-0.3, -0.25) is 4.79 Å². The maximum atomic E-state index is 11.1. The average molecular weight is 227 g/mol. The third-order valence-corrected chi connectivity index (χ3v) is 2.69. The Morgan fingerprint density at radius 2 is 2.00 bits per heavy atom. The first-order valence-electron chi connectivity index (χ1n) is 4.42. The van der Waals surface area contributed by atoms with Gasteiger partial charge >= 0.3 is 5.97 Å². The topological polar surface area (TPSA) is 54.4 Å². The van der Waals surface area contributed by atoms with Gasteiger partial charge in [0.2, 0.25) is 0 Å². The summed E-state index contributed by atoms with van der Waals surface area (Å²) in [5.41, 5.74) is 1.19. The fourth-order valence-electron chi connectivity index (χ4n) is 1.41. The van der Waals surface area contributed by atoms with Crippen LogP contribution < -0.4 is 0 Å². The lowest BCUT2D eigenvalue weighted by Crippen LogP contribution is -2.10. The Kier molecular flexibility index (Phi) is 3.48. The number of aryl methyl sites for hydroxylation is 1. The molecule has 15 heavy (non-hydrogen) atoms. The second-order valence-electron chi connectivity index (χ2n) is 3.31. The summed E-state index contributed by atoms with van der Waals surface area (Å²) >= 11 is 5.88. The van der Waals surface area contributed by atoms with Gasteiger partial charge in [-0.2, -0.15) is 0 Å². The van der Waals surface area contributed by atoms with Gasteiger partial charge in [-0.05, 0) is 31.0 Å². The van der Waals surface area contributed by atoms with Gasteiger partial charge in [0.15, 0.2) is 5.78 Å². The molecular weight excluding hydrogens is 216 g/mol. The van der Waals surface area contributed by atoms with Crippen LogP contribution in [0.25, 0.3) is 0 Å². The molecule has 0 aromatic heterocycles. The minimum Gasteiger partial charge on any atom is -0.478 e. The number of hydrogen-bond donors (Lipinski definition) is 1. The standard InChI is InChI=1S/C11H11ClO3/c1-6-4-3-5-8(11(14)15)9(6)10(12)7(2)13/h3-5,10H,1-2H3,(H,14,15). The largest absolute Gasteiger partial charge is 0.478 e. The number of carboxylic acid groups (broad SMARTS) is 1. The maximum absolute atomic E-state index is 11.1. The summed E-state index contributed by atoms with van der Waals surface area (Å²) in [5.74, 6) is -1.32. The Morgan fingerprint density at radius 3 is 2.47 bits per heavy atom. The van der Waals surface area contributed by atoms with Gasteiger partial charge in [0.25, 0.3) is 0 Å². The van der Waals surface area contributed by atoms with Crippen LogP contribution in [0.5, 0.6) is 0 Å². The molecule has 0 heterocycles. The van der Waals surface area contributed by atoms with Crippen LogP contribution in [0.3, 0.4) is 0 Å². The molecule has 0 amide bonds. The zero-order valence-electron chi connectivity index (χ0n) is 8.45. The first-order valence-corrected chi connectivity index (χ1v) is 4.86. The molecular formula is C11H11ClO3. The number of rotatable bonds is 3. The number of benzene rings is 1. The van der Waals surface area contributed by atoms with E-state index in [1.807, 2.05) is 0 Å². The number of Topliss-reactive ketones (excluding diaryl/α,β-unsaturated/α-hetero) is 1. The van der Waals surface area contributed by atoms with E-state index in [9.17, 15) is 9.59 Å². The van der Waals surface area contributed by atoms with Gasteiger partial charge in [-0.25, -0.2) is 4.79 Å². The van der Waals surface area contributed by atoms with E-state index < -0.39 is 11.3 Å². The molecule has 80 valence electrons. The zero-order valence-corrected chi connectivity index (χ0v) is 9.21. The molecule has 0 spiro atoms. The fourth-order valence-corrected chi connectivity index (χ4v) is 1.70. The second kappa shape index (κ2) is 4.45. The zero-order chi connectivity index (χ0) is 11.6. The van der Waals surface area contributed by atoms with E-state index in [2.05, 4.69) is 0 Å². The SMILES string of the molecule is CC(=O)C(Cl)c1c(C)cccc1C(=O)O. The molecule has 0 saturated carbocycles. The van der Waals surface area contributed by atoms with Crippen LogP contribution in [0.2, 0.25) is 0 Å². The molecule has 1 aromatic rings. The summed E-state index contributed by atoms with van der Waals surface area (Å²) < 4.78 is 0. The van der Waals surface area contributed by atoms with Gasteiger partial charge in [-0.1, -0.05) is 12.1 Å². The number of hydrogen-bond acceptors (Lipinski definition) is 2. The van der Waals surface area contributed by atoms with Crippen molar-refractivity contribution in [2.75, 3.05) is 0 Å². The Bertz CT molecular complexity index is 412. The van der Waals surface area contributed by atoms with E-state index in [1.54, 1.807) is 19.1 Å². The van der Waals surface area contributed by atoms with E-state index in [-0.39, 0.29) is 11.3 Å². The van der Waals surface area contributed by atoms with Crippen LogP contribution in [-0.2, 0) is 4.79 Å². The van der Waals surface area contributed by atoms with E-state index in [0.717, 1.165) is 0 Å². The summed E-state index contributed by atoms with van der Waals surface area (Å²) in [7, 11) is 0. The van der Waals surface area contributed by atoms with Gasteiger partial charge in [0.1, 0.15) is 5.38 Å². The molecule has 0 bridgehead atoms. The van der Waals surface area contributed by atoms with Crippen LogP contribution in [0.1, 0.15) is 33.8 Å². The smallest absolute Gasteiger partial charge is 0.336 e. The normalized spacial score (nSPS) is 12.2. The molecule has 1 aromatic carbocycles. The van der Waals surface area contributed by atoms with Crippen LogP contribution in [0, 0.1) is 6.92 Å². The van der Waals surface area contributed by atoms with E-state index in [1.165, 1.54) is 13.0 Å². The third kappa shape index (κ3) is 2.36. The Hall–Kier alpha value is -1.35. The number of carboxylic acids is 1. The van der Waals surface area contributed by atoms with Crippen LogP contribution in [0.4, 0.5) is 0 Å². The summed E-state index contributed by atoms with van der Waals surface area (Å²) in [4.78, 5) is 22.1. The lowest BCUT2D eigenvalue weighted by atomic mass is 9.97. The lowest BCUT2D eigenvalue weighted by molar-refractivity contribution is -0.116. The maximum Gasteiger partial charge on any atom is 0.336 e. The molecule has 0 aliphatic rings. The minimum atomic E-state index is -1.07. The first-order chi connectivity index (χ1) is 6.95. The molecule has 0 aliphatic heterocycles. The molecule has 4 heteroatoms. The van der Waals surface area contributed by atoms with Gasteiger partial charge in [0.05, 0.1) is 5.56 Å². The number of alkyl halides is 1. The summed E-state index contributed by atoms with van der Waals surface area (Å²) in [5, 5.41) is 8.06. The molecule has 0 saturated heterocycles. The molecule has 0 radical (unpaired) electrons. The Labute approximate surface area is 92.7 Å². The lowest BCUT2D eigenvalue weighted by Gasteiger charge is -2.12. The predicted molar refractivity (Wildman–Crippen MR) is 57.4 cm³/mol. The van der Waals surface area contributed by atoms with Crippen molar-refractivity contribution >= 4 is 23.4 Å². The summed E-state index contributed by atoms with van der Waals surface area (Å²) in [6.45, 7) is 3.08. The Morgan fingerprint density at radius 1 is 1.40 bits per heavy atom. The predicted octanol–water partition coefficient (Wildman–Crippen LogP) is 2.56. The van der Waals surface area contributed by atoms with Crippen molar-refractivity contribution in [1.29, 1.82) is 0 Å². The quantitative estimate of drug-likeness (QED) is 0.806. The van der Waals surface area contributed by atoms with E-state index in [0.29, 0.717) is 11.1 Å². The molecule has 1 unspecified atom stereocenters. The van der Waals surface area contributed by atoms with Crippen molar-refractivity contribution in [3.63, 3.8) is 0 Å². The number of halogens is 1. The van der Waals surface area contributed by atoms with Crippen molar-refractivity contribution in [2.45, 2.75) is 19.2 Å². The summed E-state index contributed by atoms with van der Waals surface area (Å²) in [6, 6.07) is 4.81. The second-order valence-corrected chi connectivity index (χ2v) is 3.75.